The van der Waals surface area contributed by atoms with Gasteiger partial charge >= 0.3 is 0 Å². The average Bonchev–Trinajstić information content (AvgIpc) is 2.19. The lowest BCUT2D eigenvalue weighted by Crippen LogP contribution is -2.23. The zero-order valence-electron chi connectivity index (χ0n) is 9.11. The molecule has 0 N–H and O–H groups in total. The van der Waals surface area contributed by atoms with Gasteiger partial charge in [-0.05, 0) is 19.3 Å². The normalized spacial score (nSPS) is 12.8. The van der Waals surface area contributed by atoms with Gasteiger partial charge in [0.2, 0.25) is 6.29 Å². The molecular weight excluding hydrogens is 198 g/mol. The molecule has 4 heteroatoms. The van der Waals surface area contributed by atoms with Crippen LogP contribution in [0.15, 0.2) is 28.8 Å². The summed E-state index contributed by atoms with van der Waals surface area (Å²) in [6.45, 7) is 5.69. The summed E-state index contributed by atoms with van der Waals surface area (Å²) in [7, 11) is 3.16. The Kier molecular flexibility index (Phi) is 7.47. The molecule has 3 nitrogen and oxygen atoms in total. The van der Waals surface area contributed by atoms with Gasteiger partial charge in [-0.2, -0.15) is 0 Å². The fourth-order valence-corrected chi connectivity index (χ4v) is 1.06. The molecule has 0 saturated carbocycles. The van der Waals surface area contributed by atoms with E-state index in [4.69, 9.17) is 9.47 Å². The van der Waals surface area contributed by atoms with Crippen molar-refractivity contribution in [2.75, 3.05) is 20.5 Å². The van der Waals surface area contributed by atoms with Gasteiger partial charge in [0.1, 0.15) is 0 Å². The van der Waals surface area contributed by atoms with Gasteiger partial charge in [0, 0.05) is 14.2 Å². The van der Waals surface area contributed by atoms with Gasteiger partial charge in [0.25, 0.3) is 0 Å². The summed E-state index contributed by atoms with van der Waals surface area (Å²) < 4.78 is 10.2. The van der Waals surface area contributed by atoms with Gasteiger partial charge < -0.3 is 9.47 Å². The maximum absolute atomic E-state index is 5.10. The minimum atomic E-state index is -0.435. The summed E-state index contributed by atoms with van der Waals surface area (Å²) in [6.07, 6.45) is 5.22. The first-order valence-corrected chi connectivity index (χ1v) is 5.41. The highest BCUT2D eigenvalue weighted by Gasteiger charge is 2.11. The van der Waals surface area contributed by atoms with Crippen LogP contribution in [0.3, 0.4) is 0 Å². The van der Waals surface area contributed by atoms with E-state index in [-0.39, 0.29) is 0 Å². The van der Waals surface area contributed by atoms with E-state index in [1.165, 1.54) is 11.8 Å². The van der Waals surface area contributed by atoms with Gasteiger partial charge in [-0.1, -0.05) is 12.7 Å². The maximum Gasteiger partial charge on any atom is 0.200 e. The molecule has 0 aliphatic carbocycles. The molecule has 0 aromatic carbocycles. The van der Waals surface area contributed by atoms with E-state index >= 15 is 0 Å². The second-order valence-corrected chi connectivity index (χ2v) is 3.32. The van der Waals surface area contributed by atoms with Crippen molar-refractivity contribution in [3.8, 4) is 0 Å². The fourth-order valence-electron chi connectivity index (χ4n) is 0.867. The number of allylic oxidation sites excluding steroid dienone is 1. The SMILES string of the molecule is C=C(/N=C(\C=C/C)C(OC)OC)SC. The lowest BCUT2D eigenvalue weighted by molar-refractivity contribution is -0.0512. The molecular formula is C10H17NO2S. The van der Waals surface area contributed by atoms with Crippen molar-refractivity contribution in [2.45, 2.75) is 13.2 Å². The summed E-state index contributed by atoms with van der Waals surface area (Å²) in [6, 6.07) is 0. The molecule has 0 bridgehead atoms. The highest BCUT2D eigenvalue weighted by atomic mass is 32.2. The molecule has 0 aliphatic heterocycles. The van der Waals surface area contributed by atoms with Crippen LogP contribution in [-0.4, -0.2) is 32.5 Å². The van der Waals surface area contributed by atoms with E-state index in [2.05, 4.69) is 11.6 Å². The third-order valence-corrected chi connectivity index (χ3v) is 2.06. The highest BCUT2D eigenvalue weighted by Crippen LogP contribution is 2.12. The number of nitrogens with zero attached hydrogens (tertiary/aromatic N) is 1. The van der Waals surface area contributed by atoms with E-state index in [0.717, 1.165) is 10.7 Å². The summed E-state index contributed by atoms with van der Waals surface area (Å²) in [5.41, 5.74) is 0.719. The van der Waals surface area contributed by atoms with Gasteiger partial charge in [-0.15, -0.1) is 11.8 Å². The van der Waals surface area contributed by atoms with Crippen LogP contribution in [0.4, 0.5) is 0 Å². The van der Waals surface area contributed by atoms with E-state index in [0.29, 0.717) is 0 Å². The number of methoxy groups -OCH3 is 2. The summed E-state index contributed by atoms with van der Waals surface area (Å²) >= 11 is 1.49. The van der Waals surface area contributed by atoms with Crippen molar-refractivity contribution < 1.29 is 9.47 Å². The quantitative estimate of drug-likeness (QED) is 0.503. The predicted molar refractivity (Wildman–Crippen MR) is 62.7 cm³/mol. The minimum absolute atomic E-state index is 0.435. The lowest BCUT2D eigenvalue weighted by Gasteiger charge is -2.13. The summed E-state index contributed by atoms with van der Waals surface area (Å²) in [5, 5.41) is 0.734. The molecule has 0 aromatic rings. The van der Waals surface area contributed by atoms with Crippen molar-refractivity contribution in [3.63, 3.8) is 0 Å². The Labute approximate surface area is 89.9 Å². The Bertz CT molecular complexity index is 232. The molecule has 0 atom stereocenters. The molecule has 0 aliphatic rings. The standard InChI is InChI=1S/C10H17NO2S/c1-6-7-9(10(12-3)13-4)11-8(2)14-5/h6-7,10H,2H2,1,3-5H3/b7-6-,11-9+. The van der Waals surface area contributed by atoms with Gasteiger partial charge in [0.15, 0.2) is 0 Å². The number of rotatable bonds is 6. The van der Waals surface area contributed by atoms with E-state index < -0.39 is 6.29 Å². The minimum Gasteiger partial charge on any atom is -0.350 e. The number of aliphatic imine (C=N–C) groups is 1. The van der Waals surface area contributed by atoms with Crippen LogP contribution in [0.2, 0.25) is 0 Å². The molecule has 0 unspecified atom stereocenters. The fraction of sp³-hybridized carbons (Fsp3) is 0.500. The summed E-state index contributed by atoms with van der Waals surface area (Å²) in [4.78, 5) is 4.28. The molecule has 0 rings (SSSR count). The zero-order valence-corrected chi connectivity index (χ0v) is 9.93. The second-order valence-electron chi connectivity index (χ2n) is 2.44. The van der Waals surface area contributed by atoms with Crippen LogP contribution in [0.1, 0.15) is 6.92 Å². The smallest absolute Gasteiger partial charge is 0.200 e. The molecule has 0 heterocycles. The van der Waals surface area contributed by atoms with Crippen LogP contribution in [0.25, 0.3) is 0 Å². The van der Waals surface area contributed by atoms with Crippen molar-refractivity contribution in [1.82, 2.24) is 0 Å². The molecule has 14 heavy (non-hydrogen) atoms. The van der Waals surface area contributed by atoms with Crippen LogP contribution in [0, 0.1) is 0 Å². The van der Waals surface area contributed by atoms with E-state index in [1.54, 1.807) is 14.2 Å². The first-order chi connectivity index (χ1) is 6.69. The predicted octanol–water partition coefficient (Wildman–Crippen LogP) is 2.46. The molecule has 80 valence electrons. The Morgan fingerprint density at radius 3 is 2.36 bits per heavy atom. The maximum atomic E-state index is 5.10. The molecule has 0 aromatic heterocycles. The molecule has 0 amide bonds. The van der Waals surface area contributed by atoms with Gasteiger partial charge in [0.05, 0.1) is 10.7 Å². The van der Waals surface area contributed by atoms with Crippen LogP contribution >= 0.6 is 11.8 Å². The Balaban J connectivity index is 4.73. The first kappa shape index (κ1) is 13.4. The topological polar surface area (TPSA) is 30.8 Å². The summed E-state index contributed by atoms with van der Waals surface area (Å²) in [5.74, 6) is 0. The molecule has 0 fully saturated rings. The van der Waals surface area contributed by atoms with Crippen molar-refractivity contribution in [2.24, 2.45) is 4.99 Å². The number of hydrogen-bond donors (Lipinski definition) is 0. The van der Waals surface area contributed by atoms with E-state index in [1.807, 2.05) is 25.3 Å². The monoisotopic (exact) mass is 215 g/mol. The van der Waals surface area contributed by atoms with Crippen LogP contribution in [-0.2, 0) is 9.47 Å². The van der Waals surface area contributed by atoms with Gasteiger partial charge in [-0.3, -0.25) is 0 Å². The second kappa shape index (κ2) is 7.79. The third-order valence-electron chi connectivity index (χ3n) is 1.50. The van der Waals surface area contributed by atoms with Crippen LogP contribution < -0.4 is 0 Å². The lowest BCUT2D eigenvalue weighted by atomic mass is 10.3. The average molecular weight is 215 g/mol. The first-order valence-electron chi connectivity index (χ1n) is 4.19. The third kappa shape index (κ3) is 4.60. The van der Waals surface area contributed by atoms with Crippen molar-refractivity contribution in [3.05, 3.63) is 23.8 Å². The van der Waals surface area contributed by atoms with Crippen molar-refractivity contribution >= 4 is 17.5 Å². The van der Waals surface area contributed by atoms with Crippen LogP contribution in [0.5, 0.6) is 0 Å². The zero-order chi connectivity index (χ0) is 11.0. The molecule has 0 saturated heterocycles. The van der Waals surface area contributed by atoms with Gasteiger partial charge in [-0.25, -0.2) is 4.99 Å². The largest absolute Gasteiger partial charge is 0.350 e. The number of ether oxygens (including phenoxy) is 2. The number of thioether (sulfide) groups is 1. The van der Waals surface area contributed by atoms with E-state index in [9.17, 15) is 0 Å². The Hall–Kier alpha value is -0.580. The van der Waals surface area contributed by atoms with Crippen molar-refractivity contribution in [1.29, 1.82) is 0 Å². The Morgan fingerprint density at radius 1 is 1.43 bits per heavy atom. The highest BCUT2D eigenvalue weighted by molar-refractivity contribution is 8.02. The number of hydrogen-bond acceptors (Lipinski definition) is 4. The Morgan fingerprint density at radius 2 is 2.00 bits per heavy atom. The molecule has 0 spiro atoms. The molecule has 0 radical (unpaired) electrons.